The van der Waals surface area contributed by atoms with E-state index in [0.29, 0.717) is 34.4 Å². The zero-order valence-corrected chi connectivity index (χ0v) is 21.8. The molecule has 0 atom stereocenters. The lowest BCUT2D eigenvalue weighted by atomic mass is 10.2. The second kappa shape index (κ2) is 12.4. The molecule has 0 radical (unpaired) electrons. The number of hydrogen-bond donors (Lipinski definition) is 1. The minimum atomic E-state index is -0.385. The Balaban J connectivity index is 1.98. The lowest BCUT2D eigenvalue weighted by Gasteiger charge is -2.23. The molecule has 0 bridgehead atoms. The van der Waals surface area contributed by atoms with Crippen molar-refractivity contribution in [2.45, 2.75) is 13.8 Å². The molecule has 0 unspecified atom stereocenters. The smallest absolute Gasteiger partial charge is 0.249 e. The number of carbonyl (C=O) groups is 2. The zero-order valence-electron chi connectivity index (χ0n) is 21.1. The normalized spacial score (nSPS) is 10.9. The molecule has 0 saturated carbocycles. The van der Waals surface area contributed by atoms with Crippen molar-refractivity contribution in [2.75, 3.05) is 46.3 Å². The Morgan fingerprint density at radius 3 is 2.25 bits per heavy atom. The van der Waals surface area contributed by atoms with Gasteiger partial charge in [-0.1, -0.05) is 37.6 Å². The third-order valence-corrected chi connectivity index (χ3v) is 5.50. The molecule has 0 spiro atoms. The van der Waals surface area contributed by atoms with E-state index in [0.717, 1.165) is 5.56 Å². The molecule has 0 aliphatic rings. The molecule has 10 heteroatoms. The van der Waals surface area contributed by atoms with Crippen LogP contribution >= 0.6 is 11.6 Å². The van der Waals surface area contributed by atoms with Gasteiger partial charge >= 0.3 is 0 Å². The second-order valence-corrected chi connectivity index (χ2v) is 8.98. The van der Waals surface area contributed by atoms with Gasteiger partial charge < -0.3 is 19.1 Å². The van der Waals surface area contributed by atoms with Crippen LogP contribution in [0, 0.1) is 5.92 Å². The number of anilines is 1. The minimum absolute atomic E-state index is 0.0983. The first kappa shape index (κ1) is 27.0. The number of nitrogens with one attached hydrogen (secondary N) is 1. The van der Waals surface area contributed by atoms with E-state index in [1.165, 1.54) is 12.0 Å². The monoisotopic (exact) mass is 514 g/mol. The average molecular weight is 515 g/mol. The molecule has 3 rings (SSSR count). The number of benzene rings is 2. The largest absolute Gasteiger partial charge is 0.497 e. The molecule has 0 aliphatic carbocycles. The van der Waals surface area contributed by atoms with Crippen LogP contribution in [0.4, 0.5) is 5.95 Å². The van der Waals surface area contributed by atoms with E-state index in [-0.39, 0.29) is 36.8 Å². The highest BCUT2D eigenvalue weighted by molar-refractivity contribution is 6.30. The molecule has 0 fully saturated rings. The van der Waals surface area contributed by atoms with E-state index < -0.39 is 0 Å². The van der Waals surface area contributed by atoms with Crippen LogP contribution < -0.4 is 14.8 Å². The van der Waals surface area contributed by atoms with Crippen LogP contribution in [0.15, 0.2) is 48.7 Å². The summed E-state index contributed by atoms with van der Waals surface area (Å²) in [5, 5.41) is 3.46. The molecule has 1 aromatic heterocycles. The van der Waals surface area contributed by atoms with Crippen molar-refractivity contribution in [3.8, 4) is 28.4 Å². The number of carbonyl (C=O) groups excluding carboxylic acids is 2. The first-order valence-electron chi connectivity index (χ1n) is 11.4. The number of aromatic nitrogens is 2. The Labute approximate surface area is 215 Å². The third kappa shape index (κ3) is 6.99. The van der Waals surface area contributed by atoms with E-state index >= 15 is 0 Å². The lowest BCUT2D eigenvalue weighted by Crippen LogP contribution is -2.42. The van der Waals surface area contributed by atoms with Crippen LogP contribution in [0.5, 0.6) is 11.5 Å². The number of methoxy groups -OCH3 is 3. The third-order valence-electron chi connectivity index (χ3n) is 5.25. The maximum atomic E-state index is 13.1. The Morgan fingerprint density at radius 2 is 1.69 bits per heavy atom. The molecular weight excluding hydrogens is 484 g/mol. The van der Waals surface area contributed by atoms with Crippen LogP contribution in [-0.4, -0.2) is 67.3 Å². The summed E-state index contributed by atoms with van der Waals surface area (Å²) in [6.45, 7) is 4.15. The molecule has 192 valence electrons. The first-order chi connectivity index (χ1) is 17.2. The van der Waals surface area contributed by atoms with Gasteiger partial charge in [0.25, 0.3) is 0 Å². The molecular formula is C26H31ClN4O5. The van der Waals surface area contributed by atoms with Crippen molar-refractivity contribution in [1.29, 1.82) is 0 Å². The van der Waals surface area contributed by atoms with Gasteiger partial charge in [-0.05, 0) is 18.1 Å². The van der Waals surface area contributed by atoms with Crippen LogP contribution in [0.3, 0.4) is 0 Å². The molecule has 3 aromatic rings. The number of halogens is 1. The summed E-state index contributed by atoms with van der Waals surface area (Å²) in [4.78, 5) is 31.7. The van der Waals surface area contributed by atoms with E-state index in [2.05, 4.69) is 10.3 Å². The quantitative estimate of drug-likeness (QED) is 0.410. The summed E-state index contributed by atoms with van der Waals surface area (Å²) in [6, 6.07) is 12.6. The Kier molecular flexibility index (Phi) is 9.32. The van der Waals surface area contributed by atoms with Crippen molar-refractivity contribution >= 4 is 29.4 Å². The first-order valence-corrected chi connectivity index (χ1v) is 11.8. The van der Waals surface area contributed by atoms with Crippen molar-refractivity contribution in [1.82, 2.24) is 14.5 Å². The van der Waals surface area contributed by atoms with Gasteiger partial charge in [0.1, 0.15) is 24.7 Å². The van der Waals surface area contributed by atoms with E-state index in [1.807, 2.05) is 26.0 Å². The fraction of sp³-hybridized carbons (Fsp3) is 0.346. The average Bonchev–Trinajstić information content (AvgIpc) is 3.27. The Morgan fingerprint density at radius 1 is 1.06 bits per heavy atom. The summed E-state index contributed by atoms with van der Waals surface area (Å²) in [6.07, 6.45) is 1.80. The van der Waals surface area contributed by atoms with Crippen molar-refractivity contribution < 1.29 is 23.8 Å². The van der Waals surface area contributed by atoms with Crippen molar-refractivity contribution in [3.05, 3.63) is 53.7 Å². The van der Waals surface area contributed by atoms with Gasteiger partial charge in [-0.15, -0.1) is 0 Å². The van der Waals surface area contributed by atoms with E-state index in [1.54, 1.807) is 55.3 Å². The molecule has 2 aromatic carbocycles. The summed E-state index contributed by atoms with van der Waals surface area (Å²) in [5.41, 5.74) is 2.11. The molecule has 1 heterocycles. The molecule has 0 aliphatic heterocycles. The summed E-state index contributed by atoms with van der Waals surface area (Å²) in [7, 11) is 4.58. The predicted molar refractivity (Wildman–Crippen MR) is 139 cm³/mol. The van der Waals surface area contributed by atoms with Gasteiger partial charge in [0, 0.05) is 48.6 Å². The molecule has 36 heavy (non-hydrogen) atoms. The number of rotatable bonds is 11. The predicted octanol–water partition coefficient (Wildman–Crippen LogP) is 4.28. The summed E-state index contributed by atoms with van der Waals surface area (Å²) >= 11 is 6.05. The van der Waals surface area contributed by atoms with Gasteiger partial charge in [-0.25, -0.2) is 4.98 Å². The summed E-state index contributed by atoms with van der Waals surface area (Å²) in [5.74, 6) is 0.979. The highest BCUT2D eigenvalue weighted by atomic mass is 35.5. The fourth-order valence-electron chi connectivity index (χ4n) is 3.60. The molecule has 9 nitrogen and oxygen atoms in total. The van der Waals surface area contributed by atoms with E-state index in [9.17, 15) is 9.59 Å². The number of ether oxygens (including phenoxy) is 3. The van der Waals surface area contributed by atoms with Gasteiger partial charge in [-0.3, -0.25) is 19.5 Å². The van der Waals surface area contributed by atoms with Crippen molar-refractivity contribution in [2.24, 2.45) is 5.92 Å². The number of hydrogen-bond acceptors (Lipinski definition) is 6. The number of imidazole rings is 1. The standard InChI is InChI=1S/C26H31ClN4O5/c1-17(2)13-30(25(33)16-34-3)15-24(32)29-26-28-23(18-6-8-19(27)9-7-18)14-31(26)20-10-21(35-4)12-22(11-20)36-5/h6-12,14,17H,13,15-16H2,1-5H3,(H,28,29,32). The van der Waals surface area contributed by atoms with Gasteiger partial charge in [0.2, 0.25) is 17.8 Å². The van der Waals surface area contributed by atoms with Crippen molar-refractivity contribution in [3.63, 3.8) is 0 Å². The minimum Gasteiger partial charge on any atom is -0.497 e. The molecule has 2 amide bonds. The maximum absolute atomic E-state index is 13.1. The topological polar surface area (TPSA) is 94.9 Å². The van der Waals surface area contributed by atoms with Crippen LogP contribution in [-0.2, 0) is 14.3 Å². The van der Waals surface area contributed by atoms with Gasteiger partial charge in [0.05, 0.1) is 25.6 Å². The molecule has 1 N–H and O–H groups in total. The van der Waals surface area contributed by atoms with Gasteiger partial charge in [0.15, 0.2) is 0 Å². The zero-order chi connectivity index (χ0) is 26.2. The Hall–Kier alpha value is -3.56. The molecule has 0 saturated heterocycles. The highest BCUT2D eigenvalue weighted by Gasteiger charge is 2.21. The van der Waals surface area contributed by atoms with Crippen LogP contribution in [0.2, 0.25) is 5.02 Å². The number of amides is 2. The Bertz CT molecular complexity index is 1170. The SMILES string of the molecule is COCC(=O)N(CC(=O)Nc1nc(-c2ccc(Cl)cc2)cn1-c1cc(OC)cc(OC)c1)CC(C)C. The lowest BCUT2D eigenvalue weighted by molar-refractivity contribution is -0.138. The fourth-order valence-corrected chi connectivity index (χ4v) is 3.73. The highest BCUT2D eigenvalue weighted by Crippen LogP contribution is 2.30. The number of nitrogens with zero attached hydrogens (tertiary/aromatic N) is 3. The van der Waals surface area contributed by atoms with Crippen LogP contribution in [0.1, 0.15) is 13.8 Å². The van der Waals surface area contributed by atoms with Crippen LogP contribution in [0.25, 0.3) is 16.9 Å². The maximum Gasteiger partial charge on any atom is 0.249 e. The van der Waals surface area contributed by atoms with E-state index in [4.69, 9.17) is 25.8 Å². The summed E-state index contributed by atoms with van der Waals surface area (Å²) < 4.78 is 17.5. The second-order valence-electron chi connectivity index (χ2n) is 8.55. The van der Waals surface area contributed by atoms with Gasteiger partial charge in [-0.2, -0.15) is 0 Å².